The van der Waals surface area contributed by atoms with Gasteiger partial charge in [0.15, 0.2) is 0 Å². The maximum Gasteiger partial charge on any atom is 0.426 e. The summed E-state index contributed by atoms with van der Waals surface area (Å²) < 4.78 is 16.5. The van der Waals surface area contributed by atoms with Crippen molar-refractivity contribution in [3.8, 4) is 5.75 Å². The first kappa shape index (κ1) is 43.6. The molecular weight excluding hydrogens is 701 g/mol. The van der Waals surface area contributed by atoms with E-state index in [2.05, 4.69) is 50.8 Å². The normalized spacial score (nSPS) is 17.0. The number of benzene rings is 1. The van der Waals surface area contributed by atoms with Gasteiger partial charge in [0.05, 0.1) is 19.1 Å². The zero-order chi connectivity index (χ0) is 38.9. The number of nitrogens with zero attached hydrogens (tertiary/aromatic N) is 2. The van der Waals surface area contributed by atoms with Crippen molar-refractivity contribution in [1.29, 1.82) is 0 Å². The molecule has 1 unspecified atom stereocenters. The fourth-order valence-corrected chi connectivity index (χ4v) is 7.24. The molecule has 0 fully saturated rings. The Morgan fingerprint density at radius 3 is 2.51 bits per heavy atom. The summed E-state index contributed by atoms with van der Waals surface area (Å²) >= 11 is 1.36. The number of aromatic nitrogens is 1. The molecule has 0 spiro atoms. The third-order valence-electron chi connectivity index (χ3n) is 9.34. The second kappa shape index (κ2) is 22.4. The summed E-state index contributed by atoms with van der Waals surface area (Å²) in [4.78, 5) is 59.3. The number of aromatic hydroxyl groups is 1. The first-order valence-corrected chi connectivity index (χ1v) is 19.8. The van der Waals surface area contributed by atoms with Gasteiger partial charge < -0.3 is 35.3 Å². The highest BCUT2D eigenvalue weighted by molar-refractivity contribution is 7.09. The van der Waals surface area contributed by atoms with E-state index < -0.39 is 30.1 Å². The van der Waals surface area contributed by atoms with Gasteiger partial charge in [0.25, 0.3) is 5.91 Å². The van der Waals surface area contributed by atoms with E-state index in [0.717, 1.165) is 24.8 Å². The lowest BCUT2D eigenvalue weighted by Gasteiger charge is -2.37. The fourth-order valence-electron chi connectivity index (χ4n) is 6.38. The van der Waals surface area contributed by atoms with Crippen LogP contribution in [-0.2, 0) is 30.2 Å². The number of thiazole rings is 1. The minimum absolute atomic E-state index is 0.00105. The summed E-state index contributed by atoms with van der Waals surface area (Å²) in [5.74, 6) is -1.06. The topological polar surface area (TPSA) is 194 Å². The fraction of sp³-hybridized carbons (Fsp3) is 0.658. The van der Waals surface area contributed by atoms with Gasteiger partial charge in [-0.1, -0.05) is 54.0 Å². The van der Waals surface area contributed by atoms with Crippen molar-refractivity contribution >= 4 is 35.2 Å². The largest absolute Gasteiger partial charge is 0.508 e. The Balaban J connectivity index is 1.73. The van der Waals surface area contributed by atoms with Crippen LogP contribution in [0, 0.1) is 11.8 Å². The zero-order valence-corrected chi connectivity index (χ0v) is 33.0. The molecule has 0 saturated carbocycles. The minimum Gasteiger partial charge on any atom is -0.508 e. The molecule has 1 aromatic heterocycles. The Hall–Kier alpha value is -3.79. The van der Waals surface area contributed by atoms with Gasteiger partial charge in [-0.15, -0.1) is 11.3 Å². The monoisotopic (exact) mass is 760 g/mol. The predicted molar refractivity (Wildman–Crippen MR) is 203 cm³/mol. The number of amides is 4. The average Bonchev–Trinajstić information content (AvgIpc) is 3.63. The highest BCUT2D eigenvalue weighted by Crippen LogP contribution is 2.35. The Morgan fingerprint density at radius 1 is 1.06 bits per heavy atom. The maximum absolute atomic E-state index is 13.6. The lowest BCUT2D eigenvalue weighted by atomic mass is 9.79. The van der Waals surface area contributed by atoms with Crippen LogP contribution < -0.4 is 21.9 Å². The third-order valence-corrected chi connectivity index (χ3v) is 10.3. The van der Waals surface area contributed by atoms with Crippen molar-refractivity contribution in [1.82, 2.24) is 26.1 Å². The number of phenolic OH excluding ortho intramolecular Hbond substituents is 1. The van der Waals surface area contributed by atoms with E-state index in [-0.39, 0.29) is 54.9 Å². The predicted octanol–water partition coefficient (Wildman–Crippen LogP) is 4.97. The molecule has 5 atom stereocenters. The Morgan fingerprint density at radius 2 is 1.83 bits per heavy atom. The number of hydrogen-bond acceptors (Lipinski definition) is 11. The Labute approximate surface area is 317 Å². The second-order valence-corrected chi connectivity index (χ2v) is 14.9. The van der Waals surface area contributed by atoms with Crippen molar-refractivity contribution < 1.29 is 38.5 Å². The van der Waals surface area contributed by atoms with E-state index in [4.69, 9.17) is 24.9 Å². The van der Waals surface area contributed by atoms with Crippen LogP contribution in [0.3, 0.4) is 0 Å². The van der Waals surface area contributed by atoms with E-state index in [0.29, 0.717) is 62.1 Å². The zero-order valence-electron chi connectivity index (χ0n) is 32.2. The van der Waals surface area contributed by atoms with Gasteiger partial charge in [-0.2, -0.15) is 0 Å². The van der Waals surface area contributed by atoms with Gasteiger partial charge >= 0.3 is 6.09 Å². The number of nitrogens with two attached hydrogens (primary N) is 1. The number of carbonyl (C=O) groups is 4. The molecular formula is C38H60N6O8S. The lowest BCUT2D eigenvalue weighted by Crippen LogP contribution is -2.48. The molecule has 2 aromatic rings. The van der Waals surface area contributed by atoms with Gasteiger partial charge in [0, 0.05) is 50.0 Å². The molecule has 14 nitrogen and oxygen atoms in total. The van der Waals surface area contributed by atoms with Crippen molar-refractivity contribution in [2.45, 2.75) is 111 Å². The van der Waals surface area contributed by atoms with E-state index in [9.17, 15) is 24.3 Å². The molecule has 1 aliphatic rings. The summed E-state index contributed by atoms with van der Waals surface area (Å²) in [6.45, 7) is 14.6. The van der Waals surface area contributed by atoms with Gasteiger partial charge in [0.2, 0.25) is 11.8 Å². The number of fused-ring (bicyclic) bond motifs is 1. The highest BCUT2D eigenvalue weighted by Gasteiger charge is 2.35. The molecule has 53 heavy (non-hydrogen) atoms. The maximum atomic E-state index is 13.6. The van der Waals surface area contributed by atoms with Crippen molar-refractivity contribution in [3.05, 3.63) is 45.4 Å². The van der Waals surface area contributed by atoms with E-state index >= 15 is 0 Å². The average molecular weight is 761 g/mol. The van der Waals surface area contributed by atoms with Crippen LogP contribution in [-0.4, -0.2) is 90.4 Å². The summed E-state index contributed by atoms with van der Waals surface area (Å²) in [6, 6.07) is 4.28. The highest BCUT2D eigenvalue weighted by atomic mass is 32.1. The minimum atomic E-state index is -0.859. The molecule has 296 valence electrons. The number of hydrogen-bond donors (Lipinski definition) is 5. The third kappa shape index (κ3) is 13.5. The van der Waals surface area contributed by atoms with Crippen molar-refractivity contribution in [2.75, 3.05) is 39.5 Å². The molecule has 0 saturated heterocycles. The molecule has 1 aromatic carbocycles. The molecule has 0 radical (unpaired) electrons. The Bertz CT molecular complexity index is 1470. The van der Waals surface area contributed by atoms with Crippen LogP contribution in [0.5, 0.6) is 5.75 Å². The molecule has 0 bridgehead atoms. The van der Waals surface area contributed by atoms with Gasteiger partial charge in [0.1, 0.15) is 29.2 Å². The number of nitrogens with one attached hydrogen (secondary N) is 3. The van der Waals surface area contributed by atoms with Gasteiger partial charge in [-0.25, -0.2) is 15.2 Å². The quantitative estimate of drug-likeness (QED) is 0.0857. The molecule has 4 amide bonds. The van der Waals surface area contributed by atoms with Crippen LogP contribution in [0.25, 0.3) is 0 Å². The number of carbonyl (C=O) groups excluding carboxylic acids is 4. The lowest BCUT2D eigenvalue weighted by molar-refractivity contribution is -0.136. The molecule has 0 aliphatic heterocycles. The number of hydrazine groups is 1. The van der Waals surface area contributed by atoms with Crippen LogP contribution in [0.1, 0.15) is 119 Å². The van der Waals surface area contributed by atoms with Crippen LogP contribution in [0.15, 0.2) is 23.6 Å². The summed E-state index contributed by atoms with van der Waals surface area (Å²) in [5, 5.41) is 15.6. The van der Waals surface area contributed by atoms with Crippen LogP contribution in [0.2, 0.25) is 0 Å². The number of rotatable bonds is 21. The van der Waals surface area contributed by atoms with Crippen molar-refractivity contribution in [3.63, 3.8) is 0 Å². The Kier molecular flexibility index (Phi) is 18.5. The molecule has 6 N–H and O–H groups in total. The SMILES string of the molecule is CCCO[C@H](CC(C(C)C)N(CCC)C(=O)C[C@@H](C)CC)c1nc(C(=O)N[C@H]2Cc3ccc(O)cc3[C@H](C(=O)NNC(=O)OCCOCCN)C2)cs1. The molecule has 1 heterocycles. The number of phenols is 1. The second-order valence-electron chi connectivity index (χ2n) is 14.0. The molecule has 3 rings (SSSR count). The first-order valence-electron chi connectivity index (χ1n) is 18.9. The molecule has 15 heteroatoms. The molecule has 1 aliphatic carbocycles. The summed E-state index contributed by atoms with van der Waals surface area (Å²) in [5.41, 5.74) is 11.6. The van der Waals surface area contributed by atoms with Gasteiger partial charge in [-0.05, 0) is 60.8 Å². The smallest absolute Gasteiger partial charge is 0.426 e. The van der Waals surface area contributed by atoms with Crippen LogP contribution in [0.4, 0.5) is 4.79 Å². The standard InChI is InChI=1S/C38H60N6O8S/c1-7-13-44(34(46)18-25(6)9-3)32(24(4)5)22-33(51-14-8-2)37-41-31(23-53-37)36(48)40-27-19-26-10-11-28(45)21-29(26)30(20-27)35(47)42-43-38(49)52-17-16-50-15-12-39/h10-11,21,23-25,27,30,32-33,45H,7-9,12-20,22,39H2,1-6H3,(H,40,48)(H,42,47)(H,43,49)/t25-,27-,30+,32?,33+/m0/s1. The van der Waals surface area contributed by atoms with Crippen molar-refractivity contribution in [2.24, 2.45) is 17.6 Å². The summed E-state index contributed by atoms with van der Waals surface area (Å²) in [7, 11) is 0. The van der Waals surface area contributed by atoms with E-state index in [1.165, 1.54) is 23.5 Å². The van der Waals surface area contributed by atoms with E-state index in [1.807, 2.05) is 11.8 Å². The van der Waals surface area contributed by atoms with Gasteiger partial charge in [-0.3, -0.25) is 19.8 Å². The number of ether oxygens (including phenoxy) is 3. The summed E-state index contributed by atoms with van der Waals surface area (Å²) in [6.07, 6.45) is 3.05. The first-order chi connectivity index (χ1) is 25.4. The van der Waals surface area contributed by atoms with Crippen LogP contribution >= 0.6 is 11.3 Å². The van der Waals surface area contributed by atoms with E-state index in [1.54, 1.807) is 11.4 Å².